The third-order valence-corrected chi connectivity index (χ3v) is 0.832. The summed E-state index contributed by atoms with van der Waals surface area (Å²) in [5.41, 5.74) is 0.244. The number of carbonyl (C=O) groups excluding carboxylic acids is 1. The van der Waals surface area contributed by atoms with Crippen LogP contribution in [0.25, 0.3) is 0 Å². The number of allylic oxidation sites excluding steroid dienone is 1. The molecule has 0 aliphatic carbocycles. The van der Waals surface area contributed by atoms with E-state index in [2.05, 4.69) is 16.6 Å². The Morgan fingerprint density at radius 1 is 1.60 bits per heavy atom. The van der Waals surface area contributed by atoms with Gasteiger partial charge in [0.1, 0.15) is 6.01 Å². The average Bonchev–Trinajstić information content (AvgIpc) is 2.14. The highest BCUT2D eigenvalue weighted by Gasteiger charge is 1.99. The van der Waals surface area contributed by atoms with E-state index < -0.39 is 11.9 Å². The standard InChI is InChI=1S/C5H6N2O2.C4H6O2/c1-4(2)5(8)9-7-3-6;1-2-3-4(5)6/h6H,1H2,2H3;2-3H,1H3,(H,5,6). The molecular weight excluding hydrogens is 200 g/mol. The highest BCUT2D eigenvalue weighted by molar-refractivity contribution is 5.86. The van der Waals surface area contributed by atoms with Gasteiger partial charge >= 0.3 is 11.9 Å². The van der Waals surface area contributed by atoms with Gasteiger partial charge in [0, 0.05) is 11.6 Å². The molecule has 6 heteroatoms. The Kier molecular flexibility index (Phi) is 10.1. The van der Waals surface area contributed by atoms with Gasteiger partial charge in [0.05, 0.1) is 0 Å². The maximum Gasteiger partial charge on any atom is 0.361 e. The molecule has 82 valence electrons. The Labute approximate surface area is 87.1 Å². The number of carbonyl (C=O) groups is 2. The maximum absolute atomic E-state index is 10.4. The first-order valence-electron chi connectivity index (χ1n) is 3.80. The van der Waals surface area contributed by atoms with Crippen molar-refractivity contribution < 1.29 is 19.5 Å². The molecule has 15 heavy (non-hydrogen) atoms. The van der Waals surface area contributed by atoms with Crippen LogP contribution in [0, 0.1) is 5.41 Å². The first-order valence-corrected chi connectivity index (χ1v) is 3.80. The van der Waals surface area contributed by atoms with Crippen molar-refractivity contribution in [1.82, 2.24) is 0 Å². The van der Waals surface area contributed by atoms with Crippen LogP contribution in [0.2, 0.25) is 0 Å². The molecule has 0 rings (SSSR count). The molecule has 0 aliphatic heterocycles. The van der Waals surface area contributed by atoms with Crippen LogP contribution < -0.4 is 0 Å². The second-order valence-electron chi connectivity index (χ2n) is 2.20. The second kappa shape index (κ2) is 9.88. The number of aliphatic carboxylic acids is 1. The molecular formula is C9H12N2O4. The molecule has 0 unspecified atom stereocenters. The maximum atomic E-state index is 10.4. The third kappa shape index (κ3) is 14.6. The summed E-state index contributed by atoms with van der Waals surface area (Å²) >= 11 is 0. The Bertz CT molecular complexity index is 314. The van der Waals surface area contributed by atoms with Crippen LogP contribution in [0.3, 0.4) is 0 Å². The SMILES string of the molecule is C=C(C)C(=O)ON=C=N.CC=CC(=O)O. The summed E-state index contributed by atoms with van der Waals surface area (Å²) in [6.45, 7) is 6.43. The van der Waals surface area contributed by atoms with E-state index in [-0.39, 0.29) is 5.57 Å². The average molecular weight is 212 g/mol. The van der Waals surface area contributed by atoms with E-state index >= 15 is 0 Å². The number of nitrogens with one attached hydrogen (secondary N) is 1. The summed E-state index contributed by atoms with van der Waals surface area (Å²) in [5, 5.41) is 16.8. The zero-order valence-corrected chi connectivity index (χ0v) is 8.48. The van der Waals surface area contributed by atoms with Gasteiger partial charge in [0.25, 0.3) is 0 Å². The van der Waals surface area contributed by atoms with E-state index in [1.54, 1.807) is 12.9 Å². The van der Waals surface area contributed by atoms with Crippen LogP contribution in [0.4, 0.5) is 0 Å². The molecule has 0 saturated heterocycles. The Hall–Kier alpha value is -2.20. The van der Waals surface area contributed by atoms with E-state index in [9.17, 15) is 9.59 Å². The predicted molar refractivity (Wildman–Crippen MR) is 53.5 cm³/mol. The van der Waals surface area contributed by atoms with Crippen LogP contribution >= 0.6 is 0 Å². The van der Waals surface area contributed by atoms with Crippen LogP contribution in [0.5, 0.6) is 0 Å². The zero-order chi connectivity index (χ0) is 12.3. The van der Waals surface area contributed by atoms with Crippen molar-refractivity contribution in [3.05, 3.63) is 24.3 Å². The fourth-order valence-electron chi connectivity index (χ4n) is 0.285. The summed E-state index contributed by atoms with van der Waals surface area (Å²) in [6, 6.07) is 1.54. The highest BCUT2D eigenvalue weighted by atomic mass is 16.7. The minimum absolute atomic E-state index is 0.244. The first kappa shape index (κ1) is 15.3. The smallest absolute Gasteiger partial charge is 0.361 e. The van der Waals surface area contributed by atoms with Crippen molar-refractivity contribution in [2.75, 3.05) is 0 Å². The second-order valence-corrected chi connectivity index (χ2v) is 2.20. The van der Waals surface area contributed by atoms with E-state index in [1.807, 2.05) is 0 Å². The predicted octanol–water partition coefficient (Wildman–Crippen LogP) is 1.42. The van der Waals surface area contributed by atoms with Gasteiger partial charge in [-0.25, -0.2) is 15.0 Å². The fraction of sp³-hybridized carbons (Fsp3) is 0.222. The van der Waals surface area contributed by atoms with Crippen molar-refractivity contribution in [3.63, 3.8) is 0 Å². The number of rotatable bonds is 3. The Morgan fingerprint density at radius 2 is 2.13 bits per heavy atom. The van der Waals surface area contributed by atoms with Gasteiger partial charge in [-0.05, 0) is 19.0 Å². The van der Waals surface area contributed by atoms with Gasteiger partial charge < -0.3 is 9.94 Å². The molecule has 6 nitrogen and oxygen atoms in total. The summed E-state index contributed by atoms with van der Waals surface area (Å²) in [5.74, 6) is -1.53. The molecule has 0 aliphatic rings. The van der Waals surface area contributed by atoms with Gasteiger partial charge in [-0.15, -0.1) is 0 Å². The topological polar surface area (TPSA) is 99.8 Å². The minimum Gasteiger partial charge on any atom is -0.478 e. The van der Waals surface area contributed by atoms with Crippen molar-refractivity contribution >= 4 is 17.9 Å². The Morgan fingerprint density at radius 3 is 2.33 bits per heavy atom. The van der Waals surface area contributed by atoms with Crippen LogP contribution in [0.15, 0.2) is 29.5 Å². The van der Waals surface area contributed by atoms with Gasteiger partial charge in [0.2, 0.25) is 0 Å². The lowest BCUT2D eigenvalue weighted by molar-refractivity contribution is -0.138. The van der Waals surface area contributed by atoms with Gasteiger partial charge in [-0.2, -0.15) is 0 Å². The molecule has 0 fully saturated rings. The van der Waals surface area contributed by atoms with Crippen LogP contribution in [0.1, 0.15) is 13.8 Å². The molecule has 0 heterocycles. The summed E-state index contributed by atoms with van der Waals surface area (Å²) in [4.78, 5) is 23.9. The van der Waals surface area contributed by atoms with Crippen LogP contribution in [-0.2, 0) is 14.4 Å². The van der Waals surface area contributed by atoms with E-state index in [4.69, 9.17) is 10.5 Å². The fourth-order valence-corrected chi connectivity index (χ4v) is 0.285. The lowest BCUT2D eigenvalue weighted by atomic mass is 10.4. The van der Waals surface area contributed by atoms with E-state index in [0.29, 0.717) is 0 Å². The summed E-state index contributed by atoms with van der Waals surface area (Å²) < 4.78 is 0. The van der Waals surface area contributed by atoms with Crippen LogP contribution in [-0.4, -0.2) is 23.1 Å². The van der Waals surface area contributed by atoms with Crippen molar-refractivity contribution in [1.29, 1.82) is 5.41 Å². The van der Waals surface area contributed by atoms with Crippen molar-refractivity contribution in [2.24, 2.45) is 5.16 Å². The largest absolute Gasteiger partial charge is 0.478 e. The van der Waals surface area contributed by atoms with Crippen molar-refractivity contribution in [2.45, 2.75) is 13.8 Å². The Balaban J connectivity index is 0. The number of carboxylic acid groups (broad SMARTS) is 1. The van der Waals surface area contributed by atoms with Gasteiger partial charge in [-0.1, -0.05) is 12.7 Å². The molecule has 0 radical (unpaired) electrons. The minimum atomic E-state index is -0.891. The molecule has 2 N–H and O–H groups in total. The molecule has 0 aromatic rings. The first-order chi connectivity index (χ1) is 6.95. The number of hydrogen-bond acceptors (Lipinski definition) is 5. The molecule has 0 aromatic carbocycles. The lowest BCUT2D eigenvalue weighted by Gasteiger charge is -1.89. The summed E-state index contributed by atoms with van der Waals surface area (Å²) in [6.07, 6.45) is 2.56. The normalized spacial score (nSPS) is 8.13. The number of hydrogen-bond donors (Lipinski definition) is 2. The van der Waals surface area contributed by atoms with Gasteiger partial charge in [-0.3, -0.25) is 0 Å². The van der Waals surface area contributed by atoms with Crippen molar-refractivity contribution in [3.8, 4) is 0 Å². The quantitative estimate of drug-likeness (QED) is 0.320. The molecule has 0 bridgehead atoms. The molecule has 0 aromatic heterocycles. The molecule has 0 spiro atoms. The summed E-state index contributed by atoms with van der Waals surface area (Å²) in [7, 11) is 0. The molecule has 0 saturated carbocycles. The number of carboxylic acids is 1. The molecule has 0 amide bonds. The lowest BCUT2D eigenvalue weighted by Crippen LogP contribution is -1.98. The van der Waals surface area contributed by atoms with E-state index in [1.165, 1.54) is 13.0 Å². The zero-order valence-electron chi connectivity index (χ0n) is 8.48. The number of nitrogens with zero attached hydrogens (tertiary/aromatic N) is 1. The highest BCUT2D eigenvalue weighted by Crippen LogP contribution is 1.90. The third-order valence-electron chi connectivity index (χ3n) is 0.832. The van der Waals surface area contributed by atoms with Gasteiger partial charge in [0.15, 0.2) is 0 Å². The monoisotopic (exact) mass is 212 g/mol. The molecule has 0 atom stereocenters. The van der Waals surface area contributed by atoms with E-state index in [0.717, 1.165) is 6.08 Å².